The van der Waals surface area contributed by atoms with Crippen LogP contribution in [-0.2, 0) is 0 Å². The first kappa shape index (κ1) is 16.8. The lowest BCUT2D eigenvalue weighted by Gasteiger charge is -2.07. The highest BCUT2D eigenvalue weighted by atomic mass is 19.1. The Labute approximate surface area is 144 Å². The van der Waals surface area contributed by atoms with E-state index in [0.29, 0.717) is 22.3 Å². The van der Waals surface area contributed by atoms with E-state index in [0.717, 1.165) is 5.56 Å². The molecule has 128 valence electrons. The molecule has 1 N–H and O–H groups in total. The minimum Gasteiger partial charge on any atom is -0.478 e. The zero-order valence-electron chi connectivity index (χ0n) is 14.3. The van der Waals surface area contributed by atoms with Gasteiger partial charge in [0.25, 0.3) is 5.89 Å². The molecule has 3 rings (SSSR count). The fourth-order valence-corrected chi connectivity index (χ4v) is 2.79. The number of aryl methyl sites for hydroxylation is 3. The second kappa shape index (κ2) is 6.12. The molecule has 0 aliphatic carbocycles. The normalized spacial score (nSPS) is 10.9. The van der Waals surface area contributed by atoms with Crippen LogP contribution in [0.5, 0.6) is 0 Å². The minimum atomic E-state index is -1.02. The van der Waals surface area contributed by atoms with Gasteiger partial charge in [0.1, 0.15) is 5.82 Å². The van der Waals surface area contributed by atoms with Crippen LogP contribution >= 0.6 is 0 Å². The number of nitrogens with zero attached hydrogens (tertiary/aromatic N) is 2. The largest absolute Gasteiger partial charge is 0.478 e. The number of carboxylic acid groups (broad SMARTS) is 1. The van der Waals surface area contributed by atoms with Gasteiger partial charge in [0.05, 0.1) is 11.1 Å². The van der Waals surface area contributed by atoms with Gasteiger partial charge in [-0.3, -0.25) is 0 Å². The molecule has 0 unspecified atom stereocenters. The number of carboxylic acids is 1. The van der Waals surface area contributed by atoms with Crippen molar-refractivity contribution in [1.82, 2.24) is 10.1 Å². The molecule has 5 nitrogen and oxygen atoms in total. The Balaban J connectivity index is 2.16. The lowest BCUT2D eigenvalue weighted by molar-refractivity contribution is 0.0696. The maximum atomic E-state index is 14.5. The molecular formula is C19H17FN2O3. The van der Waals surface area contributed by atoms with Crippen LogP contribution in [-0.4, -0.2) is 21.2 Å². The lowest BCUT2D eigenvalue weighted by atomic mass is 9.98. The maximum Gasteiger partial charge on any atom is 0.335 e. The summed E-state index contributed by atoms with van der Waals surface area (Å²) in [4.78, 5) is 15.7. The second-order valence-electron chi connectivity index (χ2n) is 6.10. The quantitative estimate of drug-likeness (QED) is 0.761. The number of carbonyl (C=O) groups is 1. The van der Waals surface area contributed by atoms with Crippen LogP contribution < -0.4 is 0 Å². The van der Waals surface area contributed by atoms with Crippen LogP contribution in [0.25, 0.3) is 22.8 Å². The number of hydrogen-bond acceptors (Lipinski definition) is 4. The third-order valence-corrected chi connectivity index (χ3v) is 4.21. The molecular weight excluding hydrogens is 323 g/mol. The molecule has 0 aliphatic heterocycles. The lowest BCUT2D eigenvalue weighted by Crippen LogP contribution is -2.02. The summed E-state index contributed by atoms with van der Waals surface area (Å²) >= 11 is 0. The van der Waals surface area contributed by atoms with E-state index in [1.807, 2.05) is 0 Å². The minimum absolute atomic E-state index is 0.0754. The average molecular weight is 340 g/mol. The van der Waals surface area contributed by atoms with E-state index in [1.165, 1.54) is 0 Å². The van der Waals surface area contributed by atoms with Crippen LogP contribution in [0, 0.1) is 33.5 Å². The maximum absolute atomic E-state index is 14.5. The Bertz CT molecular complexity index is 993. The van der Waals surface area contributed by atoms with Crippen molar-refractivity contribution in [2.24, 2.45) is 0 Å². The molecule has 6 heteroatoms. The Morgan fingerprint density at radius 3 is 2.48 bits per heavy atom. The number of benzene rings is 2. The summed E-state index contributed by atoms with van der Waals surface area (Å²) in [6.07, 6.45) is 0. The predicted molar refractivity (Wildman–Crippen MR) is 91.0 cm³/mol. The summed E-state index contributed by atoms with van der Waals surface area (Å²) in [5, 5.41) is 13.3. The fourth-order valence-electron chi connectivity index (χ4n) is 2.79. The highest BCUT2D eigenvalue weighted by molar-refractivity contribution is 5.92. The highest BCUT2D eigenvalue weighted by Gasteiger charge is 2.21. The van der Waals surface area contributed by atoms with E-state index < -0.39 is 11.8 Å². The van der Waals surface area contributed by atoms with Gasteiger partial charge in [-0.15, -0.1) is 0 Å². The molecule has 0 saturated heterocycles. The van der Waals surface area contributed by atoms with Gasteiger partial charge in [0.15, 0.2) is 0 Å². The molecule has 0 fully saturated rings. The van der Waals surface area contributed by atoms with Gasteiger partial charge in [-0.05, 0) is 62.1 Å². The Kier molecular flexibility index (Phi) is 4.12. The first-order chi connectivity index (χ1) is 11.8. The molecule has 0 atom stereocenters. The van der Waals surface area contributed by atoms with Gasteiger partial charge in [0.2, 0.25) is 5.82 Å². The van der Waals surface area contributed by atoms with Crippen molar-refractivity contribution in [3.05, 3.63) is 57.9 Å². The van der Waals surface area contributed by atoms with Crippen molar-refractivity contribution in [3.63, 3.8) is 0 Å². The third-order valence-electron chi connectivity index (χ3n) is 4.21. The van der Waals surface area contributed by atoms with Crippen molar-refractivity contribution >= 4 is 5.97 Å². The summed E-state index contributed by atoms with van der Waals surface area (Å²) in [7, 11) is 0. The molecule has 1 aromatic heterocycles. The van der Waals surface area contributed by atoms with E-state index in [9.17, 15) is 14.3 Å². The molecule has 0 radical (unpaired) electrons. The van der Waals surface area contributed by atoms with Crippen LogP contribution in [0.3, 0.4) is 0 Å². The van der Waals surface area contributed by atoms with Crippen LogP contribution in [0.4, 0.5) is 4.39 Å². The second-order valence-corrected chi connectivity index (χ2v) is 6.10. The van der Waals surface area contributed by atoms with Crippen molar-refractivity contribution in [2.45, 2.75) is 27.7 Å². The molecule has 1 heterocycles. The molecule has 0 spiro atoms. The predicted octanol–water partition coefficient (Wildman–Crippen LogP) is 4.47. The average Bonchev–Trinajstić information content (AvgIpc) is 3.02. The third kappa shape index (κ3) is 2.91. The Morgan fingerprint density at radius 1 is 1.12 bits per heavy atom. The molecule has 25 heavy (non-hydrogen) atoms. The first-order valence-electron chi connectivity index (χ1n) is 7.74. The van der Waals surface area contributed by atoms with Crippen LogP contribution in [0.2, 0.25) is 0 Å². The van der Waals surface area contributed by atoms with E-state index in [4.69, 9.17) is 4.52 Å². The van der Waals surface area contributed by atoms with Crippen molar-refractivity contribution < 1.29 is 18.8 Å². The number of aromatic carboxylic acids is 1. The van der Waals surface area contributed by atoms with E-state index in [-0.39, 0.29) is 22.8 Å². The standard InChI is InChI=1S/C19H17FN2O3/c1-9-7-13(12(4)14(8-9)19(23)24)17-21-18(25-22-17)15-10(2)5-6-11(3)16(15)20/h5-8H,1-4H3,(H,23,24). The Hall–Kier alpha value is -3.02. The van der Waals surface area contributed by atoms with E-state index in [2.05, 4.69) is 10.1 Å². The highest BCUT2D eigenvalue weighted by Crippen LogP contribution is 2.31. The Morgan fingerprint density at radius 2 is 1.80 bits per heavy atom. The molecule has 0 saturated carbocycles. The van der Waals surface area contributed by atoms with Gasteiger partial charge in [-0.1, -0.05) is 17.3 Å². The summed E-state index contributed by atoms with van der Waals surface area (Å²) < 4.78 is 19.7. The van der Waals surface area contributed by atoms with Crippen molar-refractivity contribution in [2.75, 3.05) is 0 Å². The fraction of sp³-hybridized carbons (Fsp3) is 0.211. The number of hydrogen-bond donors (Lipinski definition) is 1. The van der Waals surface area contributed by atoms with Crippen molar-refractivity contribution in [1.29, 1.82) is 0 Å². The van der Waals surface area contributed by atoms with Crippen molar-refractivity contribution in [3.8, 4) is 22.8 Å². The van der Waals surface area contributed by atoms with Crippen LogP contribution in [0.15, 0.2) is 28.8 Å². The van der Waals surface area contributed by atoms with E-state index in [1.54, 1.807) is 52.0 Å². The van der Waals surface area contributed by atoms with Crippen LogP contribution in [0.1, 0.15) is 32.6 Å². The molecule has 0 amide bonds. The monoisotopic (exact) mass is 340 g/mol. The zero-order valence-corrected chi connectivity index (χ0v) is 14.3. The number of rotatable bonds is 3. The van der Waals surface area contributed by atoms with Gasteiger partial charge >= 0.3 is 5.97 Å². The summed E-state index contributed by atoms with van der Waals surface area (Å²) in [6, 6.07) is 6.86. The number of aromatic nitrogens is 2. The summed E-state index contributed by atoms with van der Waals surface area (Å²) in [5.74, 6) is -1.11. The number of halogens is 1. The molecule has 2 aromatic carbocycles. The SMILES string of the molecule is Cc1cc(C(=O)O)c(C)c(-c2noc(-c3c(C)ccc(C)c3F)n2)c1. The van der Waals surface area contributed by atoms with Gasteiger partial charge < -0.3 is 9.63 Å². The molecule has 0 bridgehead atoms. The smallest absolute Gasteiger partial charge is 0.335 e. The summed E-state index contributed by atoms with van der Waals surface area (Å²) in [6.45, 7) is 6.91. The molecule has 0 aliphatic rings. The summed E-state index contributed by atoms with van der Waals surface area (Å²) in [5.41, 5.74) is 3.47. The first-order valence-corrected chi connectivity index (χ1v) is 7.74. The van der Waals surface area contributed by atoms with Gasteiger partial charge in [-0.2, -0.15) is 4.98 Å². The van der Waals surface area contributed by atoms with Gasteiger partial charge in [-0.25, -0.2) is 9.18 Å². The van der Waals surface area contributed by atoms with E-state index >= 15 is 0 Å². The van der Waals surface area contributed by atoms with Gasteiger partial charge in [0, 0.05) is 5.56 Å². The zero-order chi connectivity index (χ0) is 18.3. The topological polar surface area (TPSA) is 76.2 Å². The molecule has 3 aromatic rings.